The molecule has 35 heavy (non-hydrogen) atoms. The minimum Gasteiger partial charge on any atom is -0.383 e. The lowest BCUT2D eigenvalue weighted by molar-refractivity contribution is 0.0688. The molecule has 190 valence electrons. The van der Waals surface area contributed by atoms with Crippen LogP contribution < -0.4 is 16.0 Å². The van der Waals surface area contributed by atoms with Gasteiger partial charge in [-0.15, -0.1) is 11.3 Å². The summed E-state index contributed by atoms with van der Waals surface area (Å²) in [5.41, 5.74) is 1.27. The smallest absolute Gasteiger partial charge is 0.253 e. The molecule has 3 heterocycles. The average molecular weight is 519 g/mol. The Morgan fingerprint density at radius 2 is 2.03 bits per heavy atom. The van der Waals surface area contributed by atoms with E-state index in [2.05, 4.69) is 32.7 Å². The van der Waals surface area contributed by atoms with Crippen LogP contribution in [0.4, 0.5) is 10.9 Å². The maximum Gasteiger partial charge on any atom is 0.253 e. The van der Waals surface area contributed by atoms with Gasteiger partial charge in [0.25, 0.3) is 5.54 Å². The van der Waals surface area contributed by atoms with Gasteiger partial charge in [0.1, 0.15) is 5.82 Å². The van der Waals surface area contributed by atoms with Crippen LogP contribution in [0.1, 0.15) is 45.4 Å². The van der Waals surface area contributed by atoms with Gasteiger partial charge in [0.2, 0.25) is 0 Å². The topological polar surface area (TPSA) is 84.7 Å². The van der Waals surface area contributed by atoms with Gasteiger partial charge in [0.05, 0.1) is 49.9 Å². The normalized spacial score (nSPS) is 22.8. The van der Waals surface area contributed by atoms with E-state index in [1.807, 2.05) is 11.4 Å². The zero-order chi connectivity index (χ0) is 24.7. The first kappa shape index (κ1) is 26.1. The van der Waals surface area contributed by atoms with Crippen molar-refractivity contribution < 1.29 is 9.47 Å². The van der Waals surface area contributed by atoms with Crippen LogP contribution in [0, 0.1) is 6.57 Å². The minimum atomic E-state index is -0.411. The summed E-state index contributed by atoms with van der Waals surface area (Å²) in [6.45, 7) is 12.4. The minimum absolute atomic E-state index is 0.371. The predicted octanol–water partition coefficient (Wildman–Crippen LogP) is 5.09. The van der Waals surface area contributed by atoms with E-state index < -0.39 is 5.54 Å². The number of nitrogens with zero attached hydrogens (tertiary/aromatic N) is 3. The Balaban J connectivity index is 1.33. The fourth-order valence-electron chi connectivity index (χ4n) is 4.83. The number of anilines is 2. The van der Waals surface area contributed by atoms with Gasteiger partial charge < -0.3 is 30.3 Å². The van der Waals surface area contributed by atoms with Crippen molar-refractivity contribution in [3.8, 4) is 11.3 Å². The second-order valence-corrected chi connectivity index (χ2v) is 10.9. The van der Waals surface area contributed by atoms with Crippen molar-refractivity contribution in [1.29, 1.82) is 0 Å². The number of nitrogens with one attached hydrogen (secondary N) is 3. The summed E-state index contributed by atoms with van der Waals surface area (Å²) in [5.74, 6) is 0.824. The van der Waals surface area contributed by atoms with E-state index in [9.17, 15) is 0 Å². The maximum absolute atomic E-state index is 7.64. The highest BCUT2D eigenvalue weighted by molar-refractivity contribution is 7.14. The molecular formula is C25H35ClN6O2S. The van der Waals surface area contributed by atoms with Crippen LogP contribution in [-0.2, 0) is 9.47 Å². The summed E-state index contributed by atoms with van der Waals surface area (Å²) < 4.78 is 10.7. The number of halogens is 1. The molecule has 1 unspecified atom stereocenters. The molecule has 0 aromatic carbocycles. The third kappa shape index (κ3) is 7.05. The Morgan fingerprint density at radius 1 is 1.29 bits per heavy atom. The molecule has 1 aliphatic carbocycles. The largest absolute Gasteiger partial charge is 0.383 e. The number of thiazole rings is 1. The van der Waals surface area contributed by atoms with Crippen molar-refractivity contribution in [2.45, 2.75) is 69.1 Å². The van der Waals surface area contributed by atoms with E-state index in [-0.39, 0.29) is 0 Å². The van der Waals surface area contributed by atoms with Gasteiger partial charge in [-0.3, -0.25) is 0 Å². The number of rotatable bonds is 10. The van der Waals surface area contributed by atoms with Crippen molar-refractivity contribution in [2.75, 3.05) is 44.1 Å². The van der Waals surface area contributed by atoms with Gasteiger partial charge in [-0.25, -0.2) is 16.5 Å². The van der Waals surface area contributed by atoms with Gasteiger partial charge in [-0.2, -0.15) is 0 Å². The van der Waals surface area contributed by atoms with E-state index in [1.165, 1.54) is 11.3 Å². The van der Waals surface area contributed by atoms with Gasteiger partial charge in [0, 0.05) is 42.4 Å². The Labute approximate surface area is 217 Å². The van der Waals surface area contributed by atoms with Crippen molar-refractivity contribution >= 4 is 33.9 Å². The molecule has 0 amide bonds. The third-order valence-corrected chi connectivity index (χ3v) is 7.98. The molecule has 0 radical (unpaired) electrons. The van der Waals surface area contributed by atoms with Crippen LogP contribution in [0.15, 0.2) is 17.6 Å². The Kier molecular flexibility index (Phi) is 9.20. The summed E-state index contributed by atoms with van der Waals surface area (Å²) in [6.07, 6.45) is 7.64. The van der Waals surface area contributed by atoms with Crippen LogP contribution in [0.5, 0.6) is 0 Å². The molecule has 0 spiro atoms. The van der Waals surface area contributed by atoms with Crippen molar-refractivity contribution in [3.05, 3.63) is 34.1 Å². The maximum atomic E-state index is 7.64. The quantitative estimate of drug-likeness (QED) is 0.378. The Hall–Kier alpha value is -1.96. The first-order valence-electron chi connectivity index (χ1n) is 12.3. The zero-order valence-corrected chi connectivity index (χ0v) is 22.1. The van der Waals surface area contributed by atoms with Crippen molar-refractivity contribution in [1.82, 2.24) is 15.3 Å². The van der Waals surface area contributed by atoms with Crippen molar-refractivity contribution in [3.63, 3.8) is 0 Å². The summed E-state index contributed by atoms with van der Waals surface area (Å²) in [7, 11) is 1.74. The molecule has 2 aromatic rings. The predicted molar refractivity (Wildman–Crippen MR) is 142 cm³/mol. The molecule has 0 bridgehead atoms. The second-order valence-electron chi connectivity index (χ2n) is 9.61. The summed E-state index contributed by atoms with van der Waals surface area (Å²) in [6, 6.07) is 3.29. The van der Waals surface area contributed by atoms with E-state index in [0.29, 0.717) is 42.9 Å². The molecule has 1 saturated heterocycles. The molecular weight excluding hydrogens is 484 g/mol. The lowest BCUT2D eigenvalue weighted by Crippen LogP contribution is -2.42. The molecule has 2 aromatic heterocycles. The summed E-state index contributed by atoms with van der Waals surface area (Å²) in [5, 5.41) is 14.0. The number of aromatic nitrogens is 2. The molecule has 10 heteroatoms. The monoisotopic (exact) mass is 518 g/mol. The number of hydrogen-bond donors (Lipinski definition) is 3. The molecule has 1 saturated carbocycles. The number of hydrogen-bond acceptors (Lipinski definition) is 8. The highest BCUT2D eigenvalue weighted by Crippen LogP contribution is 2.33. The number of pyridine rings is 1. The van der Waals surface area contributed by atoms with E-state index in [0.717, 1.165) is 67.3 Å². The van der Waals surface area contributed by atoms with E-state index >= 15 is 0 Å². The molecule has 3 N–H and O–H groups in total. The van der Waals surface area contributed by atoms with Crippen molar-refractivity contribution in [2.24, 2.45) is 0 Å². The van der Waals surface area contributed by atoms with Gasteiger partial charge in [-0.05, 0) is 38.7 Å². The third-order valence-electron chi connectivity index (χ3n) is 6.88. The average Bonchev–Trinajstić information content (AvgIpc) is 3.35. The lowest BCUT2D eigenvalue weighted by atomic mass is 9.90. The van der Waals surface area contributed by atoms with Crippen LogP contribution in [0.2, 0.25) is 5.02 Å². The van der Waals surface area contributed by atoms with E-state index in [1.54, 1.807) is 13.3 Å². The first-order chi connectivity index (χ1) is 17.0. The highest BCUT2D eigenvalue weighted by Gasteiger charge is 2.38. The summed E-state index contributed by atoms with van der Waals surface area (Å²) >= 11 is 8.03. The molecule has 8 nitrogen and oxygen atoms in total. The standard InChI is InChI=1S/C25H35ClN6O2S/c1-17(14-33-3)30-18-4-6-19(7-5-18)31-23-12-20(21(26)13-28-23)22-15-35-24(32-22)29-16-25(27-2)8-10-34-11-9-25/h12-13,15,17-19,30H,4-11,14,16H2,1,3H3,(H,28,31)(H,29,32). The van der Waals surface area contributed by atoms with Crippen LogP contribution in [-0.4, -0.2) is 67.1 Å². The first-order valence-corrected chi connectivity index (χ1v) is 13.6. The summed E-state index contributed by atoms with van der Waals surface area (Å²) in [4.78, 5) is 13.2. The van der Waals surface area contributed by atoms with Crippen LogP contribution in [0.25, 0.3) is 16.1 Å². The van der Waals surface area contributed by atoms with Gasteiger partial charge >= 0.3 is 0 Å². The number of ether oxygens (including phenoxy) is 2. The zero-order valence-electron chi connectivity index (χ0n) is 20.5. The van der Waals surface area contributed by atoms with Gasteiger partial charge in [0.15, 0.2) is 5.13 Å². The van der Waals surface area contributed by atoms with Gasteiger partial charge in [-0.1, -0.05) is 11.6 Å². The Morgan fingerprint density at radius 3 is 2.74 bits per heavy atom. The van der Waals surface area contributed by atoms with Crippen LogP contribution >= 0.6 is 22.9 Å². The SMILES string of the molecule is [C-]#[N+]C1(CNc2nc(-c3cc(NC4CCC(NC(C)COC)CC4)ncc3Cl)cs2)CCOCC1. The molecule has 1 aliphatic heterocycles. The van der Waals surface area contributed by atoms with E-state index in [4.69, 9.17) is 32.6 Å². The number of methoxy groups -OCH3 is 1. The molecule has 2 fully saturated rings. The molecule has 4 rings (SSSR count). The lowest BCUT2D eigenvalue weighted by Gasteiger charge is -2.31. The Bertz CT molecular complexity index is 998. The fraction of sp³-hybridized carbons (Fsp3) is 0.640. The van der Waals surface area contributed by atoms with Crippen LogP contribution in [0.3, 0.4) is 0 Å². The fourth-order valence-corrected chi connectivity index (χ4v) is 5.74. The highest BCUT2D eigenvalue weighted by atomic mass is 35.5. The second kappa shape index (κ2) is 12.3. The molecule has 2 aliphatic rings. The molecule has 1 atom stereocenters.